The Hall–Kier alpha value is -2.24. The second-order valence-electron chi connectivity index (χ2n) is 6.05. The Balaban J connectivity index is 1.70. The number of hydrogen-bond acceptors (Lipinski definition) is 3. The molecule has 0 atom stereocenters. The molecule has 0 heterocycles. The first-order valence-corrected chi connectivity index (χ1v) is 8.81. The number of nitrogens with one attached hydrogen (secondary N) is 3. The van der Waals surface area contributed by atoms with E-state index in [0.717, 1.165) is 18.9 Å². The van der Waals surface area contributed by atoms with Gasteiger partial charge in [0.25, 0.3) is 5.91 Å². The summed E-state index contributed by atoms with van der Waals surface area (Å²) >= 11 is 0. The average molecular weight is 332 g/mol. The number of carbonyl (C=O) groups is 1. The van der Waals surface area contributed by atoms with Crippen molar-refractivity contribution < 1.29 is 9.90 Å². The van der Waals surface area contributed by atoms with Crippen LogP contribution in [-0.4, -0.2) is 42.6 Å². The van der Waals surface area contributed by atoms with Gasteiger partial charge in [0.2, 0.25) is 0 Å². The van der Waals surface area contributed by atoms with E-state index >= 15 is 0 Å². The van der Waals surface area contributed by atoms with Crippen LogP contribution < -0.4 is 16.0 Å². The lowest BCUT2D eigenvalue weighted by molar-refractivity contribution is 0.0953. The predicted molar refractivity (Wildman–Crippen MR) is 96.4 cm³/mol. The first-order valence-electron chi connectivity index (χ1n) is 8.81. The van der Waals surface area contributed by atoms with Crippen molar-refractivity contribution in [3.05, 3.63) is 29.8 Å². The second kappa shape index (κ2) is 9.80. The summed E-state index contributed by atoms with van der Waals surface area (Å²) in [5.74, 6) is 0.787. The minimum absolute atomic E-state index is 0.0977. The molecule has 6 heteroatoms. The molecule has 0 aromatic heterocycles. The van der Waals surface area contributed by atoms with Crippen molar-refractivity contribution in [2.75, 3.05) is 19.6 Å². The van der Waals surface area contributed by atoms with Crippen molar-refractivity contribution >= 4 is 11.9 Å². The molecule has 1 amide bonds. The Morgan fingerprint density at radius 1 is 1.29 bits per heavy atom. The summed E-state index contributed by atoms with van der Waals surface area (Å²) in [7, 11) is 0. The van der Waals surface area contributed by atoms with Gasteiger partial charge >= 0.3 is 0 Å². The number of phenolic OH excluding ortho intramolecular Hbond substituents is 1. The fraction of sp³-hybridized carbons (Fsp3) is 0.556. The van der Waals surface area contributed by atoms with Crippen molar-refractivity contribution in [2.24, 2.45) is 4.99 Å². The zero-order valence-electron chi connectivity index (χ0n) is 14.3. The smallest absolute Gasteiger partial charge is 0.251 e. The number of amides is 1. The second-order valence-corrected chi connectivity index (χ2v) is 6.05. The molecule has 0 saturated heterocycles. The number of hydrogen-bond donors (Lipinski definition) is 4. The maximum atomic E-state index is 11.9. The zero-order chi connectivity index (χ0) is 17.2. The van der Waals surface area contributed by atoms with E-state index in [2.05, 4.69) is 27.9 Å². The molecule has 1 aromatic carbocycles. The minimum Gasteiger partial charge on any atom is -0.508 e. The molecule has 1 aliphatic carbocycles. The van der Waals surface area contributed by atoms with Crippen molar-refractivity contribution in [3.8, 4) is 5.75 Å². The third-order valence-corrected chi connectivity index (χ3v) is 4.04. The molecule has 1 aromatic rings. The van der Waals surface area contributed by atoms with Gasteiger partial charge in [-0.15, -0.1) is 0 Å². The molecule has 132 valence electrons. The van der Waals surface area contributed by atoms with Crippen LogP contribution in [0.3, 0.4) is 0 Å². The Morgan fingerprint density at radius 3 is 2.79 bits per heavy atom. The fourth-order valence-corrected chi connectivity index (χ4v) is 2.80. The van der Waals surface area contributed by atoms with E-state index < -0.39 is 0 Å². The van der Waals surface area contributed by atoms with Crippen LogP contribution in [-0.2, 0) is 0 Å². The highest BCUT2D eigenvalue weighted by Crippen LogP contribution is 2.17. The Kier molecular flexibility index (Phi) is 7.39. The van der Waals surface area contributed by atoms with Gasteiger partial charge in [0.1, 0.15) is 5.75 Å². The highest BCUT2D eigenvalue weighted by molar-refractivity contribution is 5.94. The monoisotopic (exact) mass is 332 g/mol. The summed E-state index contributed by atoms with van der Waals surface area (Å²) in [6.07, 6.45) is 5.77. The lowest BCUT2D eigenvalue weighted by atomic mass is 10.2. The number of rotatable bonds is 7. The summed E-state index contributed by atoms with van der Waals surface area (Å²) in [5, 5.41) is 19.0. The number of phenols is 1. The van der Waals surface area contributed by atoms with Gasteiger partial charge in [-0.1, -0.05) is 18.9 Å². The molecule has 1 fully saturated rings. The SMILES string of the molecule is CCNC(=NCCCNC(=O)c1cccc(O)c1)NC1CCCC1. The molecule has 0 bridgehead atoms. The van der Waals surface area contributed by atoms with E-state index in [9.17, 15) is 9.90 Å². The summed E-state index contributed by atoms with van der Waals surface area (Å²) in [6, 6.07) is 6.88. The Labute approximate surface area is 143 Å². The minimum atomic E-state index is -0.175. The van der Waals surface area contributed by atoms with Gasteiger partial charge in [-0.2, -0.15) is 0 Å². The molecule has 2 rings (SSSR count). The van der Waals surface area contributed by atoms with Crippen LogP contribution in [0.5, 0.6) is 5.75 Å². The van der Waals surface area contributed by atoms with Crippen molar-refractivity contribution in [2.45, 2.75) is 45.1 Å². The largest absolute Gasteiger partial charge is 0.508 e. The van der Waals surface area contributed by atoms with Crippen LogP contribution in [0, 0.1) is 0 Å². The van der Waals surface area contributed by atoms with Crippen LogP contribution >= 0.6 is 0 Å². The van der Waals surface area contributed by atoms with E-state index in [-0.39, 0.29) is 11.7 Å². The molecule has 24 heavy (non-hydrogen) atoms. The van der Waals surface area contributed by atoms with Gasteiger partial charge in [0.15, 0.2) is 5.96 Å². The highest BCUT2D eigenvalue weighted by atomic mass is 16.3. The normalized spacial score (nSPS) is 15.3. The fourth-order valence-electron chi connectivity index (χ4n) is 2.80. The van der Waals surface area contributed by atoms with E-state index in [1.165, 1.54) is 31.7 Å². The maximum absolute atomic E-state index is 11.9. The van der Waals surface area contributed by atoms with Gasteiger partial charge in [-0.25, -0.2) is 0 Å². The van der Waals surface area contributed by atoms with Gasteiger partial charge in [0, 0.05) is 31.2 Å². The summed E-state index contributed by atoms with van der Waals surface area (Å²) in [4.78, 5) is 16.5. The highest BCUT2D eigenvalue weighted by Gasteiger charge is 2.15. The molecule has 6 nitrogen and oxygen atoms in total. The summed E-state index contributed by atoms with van der Waals surface area (Å²) < 4.78 is 0. The number of benzene rings is 1. The molecule has 0 radical (unpaired) electrons. The van der Waals surface area contributed by atoms with E-state index in [4.69, 9.17) is 0 Å². The van der Waals surface area contributed by atoms with E-state index in [0.29, 0.717) is 24.7 Å². The third-order valence-electron chi connectivity index (χ3n) is 4.04. The predicted octanol–water partition coefficient (Wildman–Crippen LogP) is 2.01. The number of nitrogens with zero attached hydrogens (tertiary/aromatic N) is 1. The third kappa shape index (κ3) is 6.10. The first-order chi connectivity index (χ1) is 11.7. The number of guanidine groups is 1. The topological polar surface area (TPSA) is 85.8 Å². The first kappa shape index (κ1) is 18.1. The molecular formula is C18H28N4O2. The summed E-state index contributed by atoms with van der Waals surface area (Å²) in [6.45, 7) is 4.11. The average Bonchev–Trinajstić information content (AvgIpc) is 3.07. The van der Waals surface area contributed by atoms with Crippen LogP contribution in [0.4, 0.5) is 0 Å². The lowest BCUT2D eigenvalue weighted by Gasteiger charge is -2.16. The zero-order valence-corrected chi connectivity index (χ0v) is 14.3. The molecule has 0 spiro atoms. The quantitative estimate of drug-likeness (QED) is 0.349. The lowest BCUT2D eigenvalue weighted by Crippen LogP contribution is -2.42. The van der Waals surface area contributed by atoms with Crippen molar-refractivity contribution in [1.29, 1.82) is 0 Å². The van der Waals surface area contributed by atoms with Crippen molar-refractivity contribution in [3.63, 3.8) is 0 Å². The van der Waals surface area contributed by atoms with Crippen LogP contribution in [0.2, 0.25) is 0 Å². The van der Waals surface area contributed by atoms with Crippen LogP contribution in [0.1, 0.15) is 49.4 Å². The molecule has 0 unspecified atom stereocenters. The molecule has 4 N–H and O–H groups in total. The molecule has 1 aliphatic rings. The van der Waals surface area contributed by atoms with Gasteiger partial charge in [0.05, 0.1) is 0 Å². The molecule has 1 saturated carbocycles. The number of aliphatic imine (C=N–C) groups is 1. The van der Waals surface area contributed by atoms with Gasteiger partial charge in [-0.05, 0) is 44.4 Å². The Bertz CT molecular complexity index is 554. The van der Waals surface area contributed by atoms with E-state index in [1.54, 1.807) is 18.2 Å². The number of carbonyl (C=O) groups excluding carboxylic acids is 1. The van der Waals surface area contributed by atoms with Gasteiger partial charge in [-0.3, -0.25) is 9.79 Å². The maximum Gasteiger partial charge on any atom is 0.251 e. The number of aromatic hydroxyl groups is 1. The summed E-state index contributed by atoms with van der Waals surface area (Å²) in [5.41, 5.74) is 0.467. The molecular weight excluding hydrogens is 304 g/mol. The van der Waals surface area contributed by atoms with E-state index in [1.807, 2.05) is 0 Å². The molecule has 0 aliphatic heterocycles. The van der Waals surface area contributed by atoms with Crippen molar-refractivity contribution in [1.82, 2.24) is 16.0 Å². The van der Waals surface area contributed by atoms with Crippen LogP contribution in [0.15, 0.2) is 29.3 Å². The van der Waals surface area contributed by atoms with Gasteiger partial charge < -0.3 is 21.1 Å². The Morgan fingerprint density at radius 2 is 2.08 bits per heavy atom. The standard InChI is InChI=1S/C18H28N4O2/c1-2-19-18(22-15-8-3-4-9-15)21-12-6-11-20-17(24)14-7-5-10-16(23)13-14/h5,7,10,13,15,23H,2-4,6,8-9,11-12H2,1H3,(H,20,24)(H2,19,21,22). The van der Waals surface area contributed by atoms with Crippen LogP contribution in [0.25, 0.3) is 0 Å².